The molecule has 0 bridgehead atoms. The smallest absolute Gasteiger partial charge is 0.234 e. The minimum Gasteiger partial charge on any atom is -0.497 e. The molecule has 1 unspecified atom stereocenters. The maximum Gasteiger partial charge on any atom is 0.234 e. The van der Waals surface area contributed by atoms with E-state index in [2.05, 4.69) is 6.58 Å². The molecule has 0 radical (unpaired) electrons. The van der Waals surface area contributed by atoms with Crippen molar-refractivity contribution in [3.05, 3.63) is 41.4 Å². The fourth-order valence-corrected chi connectivity index (χ4v) is 5.34. The molecule has 2 amide bonds. The number of amides is 2. The van der Waals surface area contributed by atoms with Gasteiger partial charge >= 0.3 is 0 Å². The molecule has 4 rings (SSSR count). The van der Waals surface area contributed by atoms with Crippen molar-refractivity contribution in [2.24, 2.45) is 5.92 Å². The molecule has 164 valence electrons. The molecule has 1 aromatic heterocycles. The van der Waals surface area contributed by atoms with Crippen molar-refractivity contribution >= 4 is 34.0 Å². The molecule has 0 saturated carbocycles. The molecule has 8 heteroatoms. The third-order valence-corrected chi connectivity index (χ3v) is 6.97. The molecule has 1 aliphatic carbocycles. The van der Waals surface area contributed by atoms with Crippen LogP contribution in [0.4, 0.5) is 10.8 Å². The van der Waals surface area contributed by atoms with Gasteiger partial charge in [-0.2, -0.15) is 0 Å². The van der Waals surface area contributed by atoms with Gasteiger partial charge in [0, 0.05) is 30.5 Å². The molecule has 31 heavy (non-hydrogen) atoms. The maximum absolute atomic E-state index is 13.5. The van der Waals surface area contributed by atoms with E-state index in [1.54, 1.807) is 59.6 Å². The van der Waals surface area contributed by atoms with Gasteiger partial charge in [-0.15, -0.1) is 17.9 Å². The predicted octanol–water partition coefficient (Wildman–Crippen LogP) is 3.61. The molecule has 0 spiro atoms. The number of ether oxygens (including phenoxy) is 2. The summed E-state index contributed by atoms with van der Waals surface area (Å²) in [4.78, 5) is 35.6. The highest BCUT2D eigenvalue weighted by Crippen LogP contribution is 2.37. The fourth-order valence-electron chi connectivity index (χ4n) is 4.18. The summed E-state index contributed by atoms with van der Waals surface area (Å²) < 4.78 is 10.7. The zero-order valence-electron chi connectivity index (χ0n) is 17.9. The Balaban J connectivity index is 1.58. The van der Waals surface area contributed by atoms with Gasteiger partial charge in [-0.05, 0) is 37.8 Å². The lowest BCUT2D eigenvalue weighted by atomic mass is 10.0. The average Bonchev–Trinajstić information content (AvgIpc) is 3.40. The molecule has 1 saturated heterocycles. The second kappa shape index (κ2) is 9.09. The second-order valence-corrected chi connectivity index (χ2v) is 8.82. The first kappa shape index (κ1) is 21.4. The van der Waals surface area contributed by atoms with Crippen molar-refractivity contribution < 1.29 is 19.1 Å². The Hall–Kier alpha value is -2.87. The fraction of sp³-hybridized carbons (Fsp3) is 0.435. The number of anilines is 2. The SMILES string of the molecule is C=CCN(C(=O)C1CC(=O)N(c2cc(OC)ccc2OC)C1)c1nc2c(s1)CCCC2. The van der Waals surface area contributed by atoms with Crippen LogP contribution in [0.5, 0.6) is 11.5 Å². The van der Waals surface area contributed by atoms with Crippen molar-refractivity contribution in [1.82, 2.24) is 4.98 Å². The van der Waals surface area contributed by atoms with E-state index in [1.807, 2.05) is 0 Å². The van der Waals surface area contributed by atoms with E-state index < -0.39 is 5.92 Å². The van der Waals surface area contributed by atoms with E-state index in [0.717, 1.165) is 25.0 Å². The van der Waals surface area contributed by atoms with Crippen molar-refractivity contribution in [1.29, 1.82) is 0 Å². The highest BCUT2D eigenvalue weighted by molar-refractivity contribution is 7.16. The molecule has 2 heterocycles. The van der Waals surface area contributed by atoms with E-state index in [0.29, 0.717) is 35.4 Å². The average molecular weight is 442 g/mol. The first-order valence-corrected chi connectivity index (χ1v) is 11.3. The molecule has 1 atom stereocenters. The van der Waals surface area contributed by atoms with E-state index in [9.17, 15) is 9.59 Å². The Bertz CT molecular complexity index is 979. The van der Waals surface area contributed by atoms with E-state index in [4.69, 9.17) is 14.5 Å². The molecule has 1 fully saturated rings. The summed E-state index contributed by atoms with van der Waals surface area (Å²) in [5, 5.41) is 0.710. The van der Waals surface area contributed by atoms with Gasteiger partial charge in [0.25, 0.3) is 0 Å². The molecule has 2 aliphatic rings. The van der Waals surface area contributed by atoms with Gasteiger partial charge in [0.05, 0.1) is 31.5 Å². The van der Waals surface area contributed by atoms with Crippen LogP contribution in [-0.2, 0) is 22.4 Å². The molecule has 7 nitrogen and oxygen atoms in total. The number of carbonyl (C=O) groups excluding carboxylic acids is 2. The minimum atomic E-state index is -0.454. The topological polar surface area (TPSA) is 72.0 Å². The quantitative estimate of drug-likeness (QED) is 0.614. The zero-order valence-corrected chi connectivity index (χ0v) is 18.7. The van der Waals surface area contributed by atoms with E-state index in [-0.39, 0.29) is 18.2 Å². The summed E-state index contributed by atoms with van der Waals surface area (Å²) >= 11 is 1.59. The molecule has 0 N–H and O–H groups in total. The number of thiazole rings is 1. The monoisotopic (exact) mass is 441 g/mol. The van der Waals surface area contributed by atoms with Gasteiger partial charge in [0.1, 0.15) is 11.5 Å². The highest BCUT2D eigenvalue weighted by atomic mass is 32.1. The maximum atomic E-state index is 13.5. The first-order chi connectivity index (χ1) is 15.0. The van der Waals surface area contributed by atoms with Crippen LogP contribution in [0.25, 0.3) is 0 Å². The van der Waals surface area contributed by atoms with Crippen LogP contribution in [0.3, 0.4) is 0 Å². The normalized spacial score (nSPS) is 17.9. The van der Waals surface area contributed by atoms with Gasteiger partial charge in [-0.3, -0.25) is 14.5 Å². The van der Waals surface area contributed by atoms with Crippen molar-refractivity contribution in [3.8, 4) is 11.5 Å². The third kappa shape index (κ3) is 4.17. The van der Waals surface area contributed by atoms with Crippen molar-refractivity contribution in [2.45, 2.75) is 32.1 Å². The number of benzene rings is 1. The minimum absolute atomic E-state index is 0.0938. The van der Waals surface area contributed by atoms with Gasteiger partial charge in [-0.25, -0.2) is 4.98 Å². The van der Waals surface area contributed by atoms with Gasteiger partial charge in [-0.1, -0.05) is 6.08 Å². The number of aromatic nitrogens is 1. The van der Waals surface area contributed by atoms with Crippen LogP contribution < -0.4 is 19.3 Å². The molecule has 1 aromatic carbocycles. The number of aryl methyl sites for hydroxylation is 2. The zero-order chi connectivity index (χ0) is 22.0. The molecule has 1 aliphatic heterocycles. The third-order valence-electron chi connectivity index (χ3n) is 5.79. The Labute approximate surface area is 186 Å². The predicted molar refractivity (Wildman–Crippen MR) is 121 cm³/mol. The molecular weight excluding hydrogens is 414 g/mol. The van der Waals surface area contributed by atoms with Gasteiger partial charge < -0.3 is 14.4 Å². The number of fused-ring (bicyclic) bond motifs is 1. The van der Waals surface area contributed by atoms with Gasteiger partial charge in [0.2, 0.25) is 11.8 Å². The summed E-state index contributed by atoms with van der Waals surface area (Å²) in [6.07, 6.45) is 6.15. The number of nitrogens with zero attached hydrogens (tertiary/aromatic N) is 3. The summed E-state index contributed by atoms with van der Waals surface area (Å²) in [6.45, 7) is 4.48. The largest absolute Gasteiger partial charge is 0.497 e. The summed E-state index contributed by atoms with van der Waals surface area (Å²) in [5.41, 5.74) is 1.72. The second-order valence-electron chi connectivity index (χ2n) is 7.75. The number of methoxy groups -OCH3 is 2. The van der Waals surface area contributed by atoms with Crippen LogP contribution in [-0.4, -0.2) is 44.1 Å². The van der Waals surface area contributed by atoms with Crippen LogP contribution in [0.1, 0.15) is 29.8 Å². The number of rotatable bonds is 7. The Morgan fingerprint density at radius 1 is 1.32 bits per heavy atom. The Kier molecular flexibility index (Phi) is 6.27. The van der Waals surface area contributed by atoms with E-state index >= 15 is 0 Å². The van der Waals surface area contributed by atoms with Crippen LogP contribution >= 0.6 is 11.3 Å². The van der Waals surface area contributed by atoms with Crippen LogP contribution in [0.2, 0.25) is 0 Å². The lowest BCUT2D eigenvalue weighted by Crippen LogP contribution is -2.37. The van der Waals surface area contributed by atoms with Crippen LogP contribution in [0, 0.1) is 5.92 Å². The standard InChI is InChI=1S/C23H27N3O4S/c1-4-11-25(23-24-17-7-5-6-8-20(17)31-23)22(28)15-12-21(27)26(14-15)18-13-16(29-2)9-10-19(18)30-3/h4,9-10,13,15H,1,5-8,11-12,14H2,2-3H3. The molecule has 2 aromatic rings. The summed E-state index contributed by atoms with van der Waals surface area (Å²) in [6, 6.07) is 5.31. The number of hydrogen-bond acceptors (Lipinski definition) is 6. The Morgan fingerprint density at radius 2 is 2.13 bits per heavy atom. The summed E-state index contributed by atoms with van der Waals surface area (Å²) in [7, 11) is 3.13. The van der Waals surface area contributed by atoms with E-state index in [1.165, 1.54) is 11.3 Å². The first-order valence-electron chi connectivity index (χ1n) is 10.5. The van der Waals surface area contributed by atoms with Crippen molar-refractivity contribution in [3.63, 3.8) is 0 Å². The van der Waals surface area contributed by atoms with Crippen molar-refractivity contribution in [2.75, 3.05) is 37.1 Å². The number of hydrogen-bond donors (Lipinski definition) is 0. The highest BCUT2D eigenvalue weighted by Gasteiger charge is 2.39. The Morgan fingerprint density at radius 3 is 2.84 bits per heavy atom. The number of carbonyl (C=O) groups is 2. The molecular formula is C23H27N3O4S. The van der Waals surface area contributed by atoms with Crippen LogP contribution in [0.15, 0.2) is 30.9 Å². The lowest BCUT2D eigenvalue weighted by molar-refractivity contribution is -0.124. The lowest BCUT2D eigenvalue weighted by Gasteiger charge is -2.23. The summed E-state index contributed by atoms with van der Waals surface area (Å²) in [5.74, 6) is 0.535. The van der Waals surface area contributed by atoms with Gasteiger partial charge in [0.15, 0.2) is 5.13 Å².